The van der Waals surface area contributed by atoms with Gasteiger partial charge in [0, 0.05) is 37.5 Å². The number of benzene rings is 2. The number of amides is 2. The molecule has 3 atom stereocenters. The second-order valence-electron chi connectivity index (χ2n) is 13.3. The number of likely N-dealkylation sites (tertiary alicyclic amines) is 1. The smallest absolute Gasteiger partial charge is 0.407 e. The largest absolute Gasteiger partial charge is 0.453 e. The number of methoxy groups -OCH3 is 1. The molecule has 4 aromatic rings. The summed E-state index contributed by atoms with van der Waals surface area (Å²) in [7, 11) is 5.33. The lowest BCUT2D eigenvalue weighted by atomic mass is 9.96. The first-order valence-corrected chi connectivity index (χ1v) is 17.1. The molecule has 2 aromatic carbocycles. The number of nitrogens with zero attached hydrogens (tertiary/aromatic N) is 4. The first kappa shape index (κ1) is 34.3. The minimum atomic E-state index is -0.691. The van der Waals surface area contributed by atoms with Crippen molar-refractivity contribution in [3.8, 4) is 46.1 Å². The van der Waals surface area contributed by atoms with E-state index in [-0.39, 0.29) is 23.9 Å². The zero-order chi connectivity index (χ0) is 35.2. The maximum atomic E-state index is 13.6. The number of aromatic nitrogens is 4. The van der Waals surface area contributed by atoms with E-state index in [1.165, 1.54) is 7.11 Å². The Balaban J connectivity index is 1.26. The van der Waals surface area contributed by atoms with Crippen LogP contribution in [0.4, 0.5) is 10.5 Å². The summed E-state index contributed by atoms with van der Waals surface area (Å²) in [5, 5.41) is 6.16. The average molecular weight is 673 g/mol. The number of hydrogen-bond donors (Lipinski definition) is 4. The van der Waals surface area contributed by atoms with E-state index in [9.17, 15) is 9.59 Å². The minimum Gasteiger partial charge on any atom is -0.453 e. The normalized spacial score (nSPS) is 17.4. The zero-order valence-electron chi connectivity index (χ0n) is 29.3. The highest BCUT2D eigenvalue weighted by molar-refractivity contribution is 5.86. The van der Waals surface area contributed by atoms with Crippen molar-refractivity contribution in [3.63, 3.8) is 0 Å². The van der Waals surface area contributed by atoms with Crippen molar-refractivity contribution in [1.82, 2.24) is 35.5 Å². The number of imidazole rings is 2. The molecule has 4 N–H and O–H groups in total. The summed E-state index contributed by atoms with van der Waals surface area (Å²) >= 11 is 0. The van der Waals surface area contributed by atoms with Crippen LogP contribution in [0.2, 0.25) is 0 Å². The van der Waals surface area contributed by atoms with E-state index in [0.29, 0.717) is 12.4 Å². The third kappa shape index (κ3) is 7.69. The highest BCUT2D eigenvalue weighted by atomic mass is 16.5. The van der Waals surface area contributed by atoms with E-state index in [2.05, 4.69) is 84.5 Å². The lowest BCUT2D eigenvalue weighted by Crippen LogP contribution is -2.51. The summed E-state index contributed by atoms with van der Waals surface area (Å²) in [4.78, 5) is 45.5. The van der Waals surface area contributed by atoms with Gasteiger partial charge in [-0.15, -0.1) is 0 Å². The van der Waals surface area contributed by atoms with Crippen LogP contribution in [0.25, 0.3) is 22.4 Å². The Morgan fingerprint density at radius 2 is 1.72 bits per heavy atom. The van der Waals surface area contributed by atoms with E-state index in [0.717, 1.165) is 77.4 Å². The van der Waals surface area contributed by atoms with Crippen LogP contribution in [0.1, 0.15) is 74.5 Å². The number of alkyl carbamates (subject to hydrolysis) is 1. The highest BCUT2D eigenvalue weighted by Gasteiger charge is 2.37. The van der Waals surface area contributed by atoms with Gasteiger partial charge < -0.3 is 35.1 Å². The SMILES string of the molecule is COC(=O)N[C@H](C(=O)N1CCC[C@H]1c1ncc(-c2ccc(C#CC#Cc3cnc([C@@H]4CCCN4)[nH]3)c(-c3ccc(N(C)C)cc3)c2)[nH]1)C(C)C. The molecule has 2 saturated heterocycles. The molecule has 258 valence electrons. The fourth-order valence-corrected chi connectivity index (χ4v) is 6.54. The summed E-state index contributed by atoms with van der Waals surface area (Å²) in [6.45, 7) is 5.41. The molecule has 0 saturated carbocycles. The summed E-state index contributed by atoms with van der Waals surface area (Å²) in [6.07, 6.45) is 6.79. The van der Waals surface area contributed by atoms with Crippen LogP contribution in [-0.4, -0.2) is 77.2 Å². The molecule has 2 fully saturated rings. The molecule has 4 heterocycles. The molecule has 2 aliphatic heterocycles. The van der Waals surface area contributed by atoms with Crippen LogP contribution in [0.3, 0.4) is 0 Å². The Morgan fingerprint density at radius 1 is 0.960 bits per heavy atom. The Labute approximate surface area is 293 Å². The summed E-state index contributed by atoms with van der Waals surface area (Å²) in [5.74, 6) is 13.8. The van der Waals surface area contributed by atoms with E-state index in [1.807, 2.05) is 51.2 Å². The predicted octanol–water partition coefficient (Wildman–Crippen LogP) is 5.40. The molecule has 11 heteroatoms. The monoisotopic (exact) mass is 672 g/mol. The number of rotatable bonds is 8. The third-order valence-electron chi connectivity index (χ3n) is 9.31. The summed E-state index contributed by atoms with van der Waals surface area (Å²) in [5.41, 5.74) is 6.49. The van der Waals surface area contributed by atoms with Crippen molar-refractivity contribution in [3.05, 3.63) is 77.8 Å². The Bertz CT molecular complexity index is 1950. The van der Waals surface area contributed by atoms with Gasteiger partial charge in [-0.3, -0.25) is 4.79 Å². The molecule has 0 unspecified atom stereocenters. The number of anilines is 1. The maximum Gasteiger partial charge on any atom is 0.407 e. The molecule has 0 radical (unpaired) electrons. The molecule has 2 amide bonds. The number of H-pyrrole nitrogens is 2. The molecule has 2 aliphatic rings. The fourth-order valence-electron chi connectivity index (χ4n) is 6.54. The van der Waals surface area contributed by atoms with Crippen molar-refractivity contribution < 1.29 is 14.3 Å². The van der Waals surface area contributed by atoms with Gasteiger partial charge in [-0.2, -0.15) is 0 Å². The second kappa shape index (κ2) is 15.4. The summed E-state index contributed by atoms with van der Waals surface area (Å²) < 4.78 is 4.77. The van der Waals surface area contributed by atoms with E-state index in [1.54, 1.807) is 6.20 Å². The Kier molecular flexibility index (Phi) is 10.5. The van der Waals surface area contributed by atoms with Crippen LogP contribution < -0.4 is 15.5 Å². The molecular weight excluding hydrogens is 628 g/mol. The number of ether oxygens (including phenoxy) is 1. The van der Waals surface area contributed by atoms with E-state index < -0.39 is 12.1 Å². The number of hydrogen-bond acceptors (Lipinski definition) is 7. The van der Waals surface area contributed by atoms with Gasteiger partial charge in [0.25, 0.3) is 0 Å². The van der Waals surface area contributed by atoms with Crippen molar-refractivity contribution in [2.45, 2.75) is 57.7 Å². The Morgan fingerprint density at radius 3 is 2.44 bits per heavy atom. The standard InChI is InChI=1S/C39H44N8O3/c1-25(2)35(45-39(49)50-5)38(48)47-21-9-13-34(47)37-42-24-33(44-37)28-15-14-26(31(22-28)27-16-18-30(19-17-27)46(3)4)10-6-7-11-29-23-41-36(43-29)32-12-8-20-40-32/h14-19,22-25,32,34-35,40H,8-9,12-13,20-21H2,1-5H3,(H,41,43)(H,42,44)(H,45,49)/t32-,34-,35-/m0/s1. The van der Waals surface area contributed by atoms with Crippen molar-refractivity contribution in [2.24, 2.45) is 5.92 Å². The third-order valence-corrected chi connectivity index (χ3v) is 9.31. The number of carbonyl (C=O) groups excluding carboxylic acids is 2. The molecule has 11 nitrogen and oxygen atoms in total. The van der Waals surface area contributed by atoms with E-state index in [4.69, 9.17) is 9.72 Å². The molecule has 2 aromatic heterocycles. The molecule has 0 aliphatic carbocycles. The Hall–Kier alpha value is -5.52. The lowest BCUT2D eigenvalue weighted by Gasteiger charge is -2.30. The van der Waals surface area contributed by atoms with Gasteiger partial charge in [-0.1, -0.05) is 38.0 Å². The molecule has 50 heavy (non-hydrogen) atoms. The first-order valence-electron chi connectivity index (χ1n) is 17.1. The second-order valence-corrected chi connectivity index (χ2v) is 13.3. The number of carbonyl (C=O) groups is 2. The van der Waals surface area contributed by atoms with Gasteiger partial charge in [-0.25, -0.2) is 14.8 Å². The van der Waals surface area contributed by atoms with Gasteiger partial charge in [0.05, 0.1) is 37.3 Å². The molecular formula is C39H44N8O3. The lowest BCUT2D eigenvalue weighted by molar-refractivity contribution is -0.135. The topological polar surface area (TPSA) is 131 Å². The van der Waals surface area contributed by atoms with Gasteiger partial charge in [0.2, 0.25) is 5.91 Å². The molecule has 0 bridgehead atoms. The average Bonchev–Trinajstić information content (AvgIpc) is 3.95. The quantitative estimate of drug-likeness (QED) is 0.184. The van der Waals surface area contributed by atoms with E-state index >= 15 is 0 Å². The van der Waals surface area contributed by atoms with Crippen LogP contribution >= 0.6 is 0 Å². The fraction of sp³-hybridized carbons (Fsp3) is 0.385. The highest BCUT2D eigenvalue weighted by Crippen LogP contribution is 2.34. The van der Waals surface area contributed by atoms with Crippen LogP contribution in [0.15, 0.2) is 54.9 Å². The van der Waals surface area contributed by atoms with Crippen LogP contribution in [0, 0.1) is 29.6 Å². The number of nitrogens with one attached hydrogen (secondary N) is 4. The molecule has 0 spiro atoms. The number of aromatic amines is 2. The first-order chi connectivity index (χ1) is 24.2. The maximum absolute atomic E-state index is 13.6. The van der Waals surface area contributed by atoms with Gasteiger partial charge in [0.15, 0.2) is 0 Å². The minimum absolute atomic E-state index is 0.106. The van der Waals surface area contributed by atoms with Crippen LogP contribution in [0.5, 0.6) is 0 Å². The molecule has 6 rings (SSSR count). The summed E-state index contributed by atoms with van der Waals surface area (Å²) in [6, 6.07) is 13.9. The van der Waals surface area contributed by atoms with Crippen LogP contribution in [-0.2, 0) is 9.53 Å². The van der Waals surface area contributed by atoms with Crippen molar-refractivity contribution >= 4 is 17.7 Å². The zero-order valence-corrected chi connectivity index (χ0v) is 29.3. The van der Waals surface area contributed by atoms with Gasteiger partial charge in [0.1, 0.15) is 23.4 Å². The van der Waals surface area contributed by atoms with Gasteiger partial charge >= 0.3 is 6.09 Å². The predicted molar refractivity (Wildman–Crippen MR) is 194 cm³/mol. The van der Waals surface area contributed by atoms with Gasteiger partial charge in [-0.05, 0) is 91.3 Å². The van der Waals surface area contributed by atoms with Crippen molar-refractivity contribution in [1.29, 1.82) is 0 Å². The van der Waals surface area contributed by atoms with Crippen molar-refractivity contribution in [2.75, 3.05) is 39.2 Å².